The first kappa shape index (κ1) is 18.2. The number of imidazole rings is 1. The summed E-state index contributed by atoms with van der Waals surface area (Å²) in [6.07, 6.45) is 3.80. The molecule has 27 heavy (non-hydrogen) atoms. The third-order valence-electron chi connectivity index (χ3n) is 4.90. The van der Waals surface area contributed by atoms with E-state index in [1.54, 1.807) is 0 Å². The second kappa shape index (κ2) is 7.44. The van der Waals surface area contributed by atoms with Crippen LogP contribution in [0.25, 0.3) is 11.2 Å². The standard InChI is InChI=1S/C19H23BrN6O/c1-12(2)26-11-21-16-17(22-14-6-3-5-13(20)9-14)23-19(24-18(16)26)25-8-4-7-15(25)10-27/h3,5-6,9,11-12,15,27H,4,7-8,10H2,1-2H3,(H,22,23,24)/t15-/m1/s1. The number of fused-ring (bicyclic) bond motifs is 1. The number of benzene rings is 1. The minimum Gasteiger partial charge on any atom is -0.394 e. The Morgan fingerprint density at radius 3 is 2.93 bits per heavy atom. The van der Waals surface area contributed by atoms with Gasteiger partial charge in [-0.05, 0) is 44.9 Å². The Morgan fingerprint density at radius 1 is 1.33 bits per heavy atom. The summed E-state index contributed by atoms with van der Waals surface area (Å²) in [7, 11) is 0. The highest BCUT2D eigenvalue weighted by Crippen LogP contribution is 2.30. The van der Waals surface area contributed by atoms with Crippen LogP contribution in [0, 0.1) is 0 Å². The number of hydrogen-bond acceptors (Lipinski definition) is 6. The maximum absolute atomic E-state index is 9.71. The van der Waals surface area contributed by atoms with Crippen LogP contribution in [0.3, 0.4) is 0 Å². The number of aliphatic hydroxyl groups excluding tert-OH is 1. The molecule has 1 saturated heterocycles. The SMILES string of the molecule is CC(C)n1cnc2c(Nc3cccc(Br)c3)nc(N3CCC[C@@H]3CO)nc21. The Balaban J connectivity index is 1.83. The summed E-state index contributed by atoms with van der Waals surface area (Å²) in [6, 6.07) is 8.25. The number of halogens is 1. The molecule has 1 aliphatic heterocycles. The lowest BCUT2D eigenvalue weighted by Crippen LogP contribution is -2.33. The second-order valence-electron chi connectivity index (χ2n) is 7.10. The summed E-state index contributed by atoms with van der Waals surface area (Å²) >= 11 is 3.51. The van der Waals surface area contributed by atoms with Gasteiger partial charge in [-0.25, -0.2) is 4.98 Å². The smallest absolute Gasteiger partial charge is 0.229 e. The molecule has 0 bridgehead atoms. The highest BCUT2D eigenvalue weighted by molar-refractivity contribution is 9.10. The lowest BCUT2D eigenvalue weighted by Gasteiger charge is -2.23. The van der Waals surface area contributed by atoms with Gasteiger partial charge in [-0.2, -0.15) is 9.97 Å². The van der Waals surface area contributed by atoms with Crippen LogP contribution >= 0.6 is 15.9 Å². The Kier molecular flexibility index (Phi) is 5.01. The van der Waals surface area contributed by atoms with Crippen molar-refractivity contribution in [3.63, 3.8) is 0 Å². The fraction of sp³-hybridized carbons (Fsp3) is 0.421. The molecular formula is C19H23BrN6O. The van der Waals surface area contributed by atoms with E-state index < -0.39 is 0 Å². The molecule has 142 valence electrons. The van der Waals surface area contributed by atoms with E-state index in [9.17, 15) is 5.11 Å². The van der Waals surface area contributed by atoms with Crippen LogP contribution in [0.1, 0.15) is 32.7 Å². The minimum absolute atomic E-state index is 0.0663. The van der Waals surface area contributed by atoms with Gasteiger partial charge in [0.2, 0.25) is 5.95 Å². The summed E-state index contributed by atoms with van der Waals surface area (Å²) in [5.74, 6) is 1.31. The van der Waals surface area contributed by atoms with Crippen LogP contribution in [0.2, 0.25) is 0 Å². The summed E-state index contributed by atoms with van der Waals surface area (Å²) in [4.78, 5) is 16.3. The van der Waals surface area contributed by atoms with Gasteiger partial charge < -0.3 is 19.9 Å². The molecule has 0 radical (unpaired) electrons. The van der Waals surface area contributed by atoms with Crippen molar-refractivity contribution in [1.29, 1.82) is 0 Å². The van der Waals surface area contributed by atoms with Crippen LogP contribution in [-0.4, -0.2) is 43.8 Å². The van der Waals surface area contributed by atoms with Gasteiger partial charge in [-0.15, -0.1) is 0 Å². The molecule has 0 aliphatic carbocycles. The highest BCUT2D eigenvalue weighted by atomic mass is 79.9. The first-order chi connectivity index (χ1) is 13.1. The number of hydrogen-bond donors (Lipinski definition) is 2. The minimum atomic E-state index is 0.0663. The lowest BCUT2D eigenvalue weighted by atomic mass is 10.2. The van der Waals surface area contributed by atoms with Crippen molar-refractivity contribution in [2.75, 3.05) is 23.4 Å². The Labute approximate surface area is 166 Å². The molecule has 1 fully saturated rings. The van der Waals surface area contributed by atoms with E-state index in [1.807, 2.05) is 30.6 Å². The van der Waals surface area contributed by atoms with E-state index in [0.29, 0.717) is 11.8 Å². The first-order valence-corrected chi connectivity index (χ1v) is 10.0. The van der Waals surface area contributed by atoms with Gasteiger partial charge in [0.15, 0.2) is 17.0 Å². The molecule has 4 rings (SSSR count). The highest BCUT2D eigenvalue weighted by Gasteiger charge is 2.27. The Bertz CT molecular complexity index is 957. The van der Waals surface area contributed by atoms with Crippen molar-refractivity contribution in [2.45, 2.75) is 38.8 Å². The number of rotatable bonds is 5. The molecule has 3 aromatic rings. The molecule has 0 unspecified atom stereocenters. The van der Waals surface area contributed by atoms with Crippen molar-refractivity contribution >= 4 is 44.5 Å². The molecule has 8 heteroatoms. The quantitative estimate of drug-likeness (QED) is 0.639. The molecule has 0 spiro atoms. The molecule has 0 saturated carbocycles. The van der Waals surface area contributed by atoms with Gasteiger partial charge in [-0.1, -0.05) is 22.0 Å². The monoisotopic (exact) mass is 430 g/mol. The van der Waals surface area contributed by atoms with E-state index in [1.165, 1.54) is 0 Å². The third-order valence-corrected chi connectivity index (χ3v) is 5.39. The molecule has 1 atom stereocenters. The normalized spacial score (nSPS) is 17.2. The molecule has 1 aliphatic rings. The van der Waals surface area contributed by atoms with E-state index in [0.717, 1.165) is 40.7 Å². The van der Waals surface area contributed by atoms with E-state index in [4.69, 9.17) is 9.97 Å². The first-order valence-electron chi connectivity index (χ1n) is 9.21. The number of nitrogens with zero attached hydrogens (tertiary/aromatic N) is 5. The predicted molar refractivity (Wildman–Crippen MR) is 111 cm³/mol. The van der Waals surface area contributed by atoms with Gasteiger partial charge in [-0.3, -0.25) is 0 Å². The number of anilines is 3. The molecule has 0 amide bonds. The Morgan fingerprint density at radius 2 is 2.19 bits per heavy atom. The maximum atomic E-state index is 9.71. The van der Waals surface area contributed by atoms with Crippen molar-refractivity contribution in [2.24, 2.45) is 0 Å². The lowest BCUT2D eigenvalue weighted by molar-refractivity contribution is 0.265. The zero-order valence-corrected chi connectivity index (χ0v) is 17.0. The average Bonchev–Trinajstić information content (AvgIpc) is 3.28. The van der Waals surface area contributed by atoms with Crippen molar-refractivity contribution in [3.8, 4) is 0 Å². The number of aromatic nitrogens is 4. The summed E-state index contributed by atoms with van der Waals surface area (Å²) < 4.78 is 3.04. The van der Waals surface area contributed by atoms with Crippen LogP contribution in [0.15, 0.2) is 35.1 Å². The van der Waals surface area contributed by atoms with Crippen LogP contribution in [0.5, 0.6) is 0 Å². The molecule has 7 nitrogen and oxygen atoms in total. The molecular weight excluding hydrogens is 408 g/mol. The largest absolute Gasteiger partial charge is 0.394 e. The fourth-order valence-electron chi connectivity index (χ4n) is 3.49. The van der Waals surface area contributed by atoms with E-state index in [-0.39, 0.29) is 18.7 Å². The van der Waals surface area contributed by atoms with E-state index in [2.05, 4.69) is 49.5 Å². The predicted octanol–water partition coefficient (Wildman–Crippen LogP) is 3.87. The van der Waals surface area contributed by atoms with Gasteiger partial charge >= 0.3 is 0 Å². The zero-order valence-electron chi connectivity index (χ0n) is 15.4. The van der Waals surface area contributed by atoms with Crippen LogP contribution < -0.4 is 10.2 Å². The summed E-state index contributed by atoms with van der Waals surface area (Å²) in [6.45, 7) is 5.18. The topological polar surface area (TPSA) is 79.1 Å². The number of nitrogens with one attached hydrogen (secondary N) is 1. The van der Waals surface area contributed by atoms with Crippen molar-refractivity contribution < 1.29 is 5.11 Å². The van der Waals surface area contributed by atoms with Gasteiger partial charge in [0, 0.05) is 22.7 Å². The van der Waals surface area contributed by atoms with Crippen molar-refractivity contribution in [3.05, 3.63) is 35.1 Å². The Hall–Kier alpha value is -2.19. The van der Waals surface area contributed by atoms with Crippen molar-refractivity contribution in [1.82, 2.24) is 19.5 Å². The van der Waals surface area contributed by atoms with Gasteiger partial charge in [0.1, 0.15) is 0 Å². The molecule has 1 aromatic carbocycles. The molecule has 2 N–H and O–H groups in total. The van der Waals surface area contributed by atoms with E-state index >= 15 is 0 Å². The maximum Gasteiger partial charge on any atom is 0.229 e. The molecule has 2 aromatic heterocycles. The zero-order chi connectivity index (χ0) is 19.0. The van der Waals surface area contributed by atoms with Crippen LogP contribution in [-0.2, 0) is 0 Å². The van der Waals surface area contributed by atoms with Crippen LogP contribution in [0.4, 0.5) is 17.5 Å². The fourth-order valence-corrected chi connectivity index (χ4v) is 3.89. The number of aliphatic hydroxyl groups is 1. The second-order valence-corrected chi connectivity index (χ2v) is 8.01. The third kappa shape index (κ3) is 3.51. The average molecular weight is 431 g/mol. The van der Waals surface area contributed by atoms with Gasteiger partial charge in [0.25, 0.3) is 0 Å². The summed E-state index contributed by atoms with van der Waals surface area (Å²) in [5, 5.41) is 13.1. The van der Waals surface area contributed by atoms with Gasteiger partial charge in [0.05, 0.1) is 19.0 Å². The summed E-state index contributed by atoms with van der Waals surface area (Å²) in [5.41, 5.74) is 2.47. The molecule has 3 heterocycles.